The Labute approximate surface area is 167 Å². The third-order valence-corrected chi connectivity index (χ3v) is 7.38. The molecule has 3 heterocycles. The number of allylic oxidation sites excluding steroid dienone is 1. The van der Waals surface area contributed by atoms with Crippen molar-refractivity contribution >= 4 is 33.7 Å². The summed E-state index contributed by atoms with van der Waals surface area (Å²) in [6, 6.07) is 1.92. The highest BCUT2D eigenvalue weighted by Gasteiger charge is 2.35. The highest BCUT2D eigenvalue weighted by Crippen LogP contribution is 2.41. The van der Waals surface area contributed by atoms with E-state index in [0.29, 0.717) is 31.7 Å². The molecule has 7 nitrogen and oxygen atoms in total. The minimum atomic E-state index is -3.20. The normalized spacial score (nSPS) is 21.0. The first kappa shape index (κ1) is 20.9. The lowest BCUT2D eigenvalue weighted by Crippen LogP contribution is -2.44. The van der Waals surface area contributed by atoms with Crippen LogP contribution in [0.25, 0.3) is 16.6 Å². The van der Waals surface area contributed by atoms with E-state index in [1.54, 1.807) is 17.3 Å². The molecule has 0 unspecified atom stereocenters. The molecular weight excluding hydrogens is 377 g/mol. The van der Waals surface area contributed by atoms with E-state index < -0.39 is 17.1 Å². The van der Waals surface area contributed by atoms with Crippen LogP contribution in [0.1, 0.15) is 32.3 Å². The summed E-state index contributed by atoms with van der Waals surface area (Å²) >= 11 is 0. The first-order valence-electron chi connectivity index (χ1n) is 9.72. The SMILES string of the molecule is C=C(c1c(OB(C)O)cnc2[nH]ccc12)[C@@H]1CCN(S(=O)(=O)CCC)C[C@@H]1C. The Morgan fingerprint density at radius 2 is 2.29 bits per heavy atom. The van der Waals surface area contributed by atoms with E-state index in [1.165, 1.54) is 0 Å². The Balaban J connectivity index is 1.90. The lowest BCUT2D eigenvalue weighted by Gasteiger charge is -2.37. The van der Waals surface area contributed by atoms with E-state index >= 15 is 0 Å². The zero-order valence-electron chi connectivity index (χ0n) is 16.7. The lowest BCUT2D eigenvalue weighted by molar-refractivity contribution is 0.238. The van der Waals surface area contributed by atoms with Gasteiger partial charge in [-0.05, 0) is 43.1 Å². The smallest absolute Gasteiger partial charge is 0.519 e. The van der Waals surface area contributed by atoms with Crippen molar-refractivity contribution in [1.82, 2.24) is 14.3 Å². The Morgan fingerprint density at radius 1 is 1.54 bits per heavy atom. The number of rotatable bonds is 7. The monoisotopic (exact) mass is 405 g/mol. The van der Waals surface area contributed by atoms with Crippen LogP contribution in [0.4, 0.5) is 0 Å². The van der Waals surface area contributed by atoms with E-state index in [-0.39, 0.29) is 17.6 Å². The Bertz CT molecular complexity index is 957. The number of pyridine rings is 1. The van der Waals surface area contributed by atoms with Crippen LogP contribution in [-0.4, -0.2) is 53.7 Å². The van der Waals surface area contributed by atoms with Gasteiger partial charge in [0.05, 0.1) is 11.9 Å². The molecule has 2 aromatic heterocycles. The van der Waals surface area contributed by atoms with Crippen molar-refractivity contribution in [2.45, 2.75) is 33.5 Å². The number of nitrogens with one attached hydrogen (secondary N) is 1. The molecule has 1 aliphatic heterocycles. The zero-order chi connectivity index (χ0) is 20.5. The quantitative estimate of drug-likeness (QED) is 0.691. The van der Waals surface area contributed by atoms with Crippen LogP contribution < -0.4 is 4.65 Å². The number of hydrogen-bond donors (Lipinski definition) is 2. The fourth-order valence-electron chi connectivity index (χ4n) is 4.04. The highest BCUT2D eigenvalue weighted by atomic mass is 32.2. The predicted molar refractivity (Wildman–Crippen MR) is 113 cm³/mol. The topological polar surface area (TPSA) is 95.5 Å². The summed E-state index contributed by atoms with van der Waals surface area (Å²) in [4.78, 5) is 7.44. The highest BCUT2D eigenvalue weighted by molar-refractivity contribution is 7.89. The maximum absolute atomic E-state index is 12.4. The molecule has 0 aliphatic carbocycles. The number of nitrogens with zero attached hydrogens (tertiary/aromatic N) is 2. The molecule has 1 aliphatic rings. The van der Waals surface area contributed by atoms with Gasteiger partial charge in [0, 0.05) is 30.2 Å². The van der Waals surface area contributed by atoms with Crippen LogP contribution in [0, 0.1) is 11.8 Å². The van der Waals surface area contributed by atoms with E-state index in [0.717, 1.165) is 22.2 Å². The van der Waals surface area contributed by atoms with E-state index in [9.17, 15) is 13.4 Å². The molecule has 2 N–H and O–H groups in total. The van der Waals surface area contributed by atoms with E-state index in [2.05, 4.69) is 23.5 Å². The van der Waals surface area contributed by atoms with Gasteiger partial charge in [0.2, 0.25) is 10.0 Å². The molecule has 152 valence electrons. The molecule has 0 aromatic carbocycles. The second-order valence-electron chi connectivity index (χ2n) is 7.53. The van der Waals surface area contributed by atoms with Gasteiger partial charge in [-0.1, -0.05) is 20.4 Å². The first-order valence-corrected chi connectivity index (χ1v) is 11.3. The van der Waals surface area contributed by atoms with Gasteiger partial charge in [-0.25, -0.2) is 17.7 Å². The Hall–Kier alpha value is -1.84. The maximum Gasteiger partial charge on any atom is 0.519 e. The van der Waals surface area contributed by atoms with Gasteiger partial charge in [0.15, 0.2) is 0 Å². The maximum atomic E-state index is 12.4. The van der Waals surface area contributed by atoms with Gasteiger partial charge in [0.1, 0.15) is 11.4 Å². The van der Waals surface area contributed by atoms with Crippen LogP contribution in [0.2, 0.25) is 6.82 Å². The molecule has 0 amide bonds. The van der Waals surface area contributed by atoms with Gasteiger partial charge >= 0.3 is 7.12 Å². The zero-order valence-corrected chi connectivity index (χ0v) is 17.5. The predicted octanol–water partition coefficient (Wildman–Crippen LogP) is 2.76. The van der Waals surface area contributed by atoms with E-state index in [1.807, 2.05) is 19.2 Å². The third-order valence-electron chi connectivity index (χ3n) is 5.34. The van der Waals surface area contributed by atoms with Crippen LogP contribution in [0.15, 0.2) is 25.0 Å². The molecule has 2 atom stereocenters. The molecule has 28 heavy (non-hydrogen) atoms. The molecule has 1 saturated heterocycles. The van der Waals surface area contributed by atoms with Gasteiger partial charge < -0.3 is 14.7 Å². The number of sulfonamides is 1. The van der Waals surface area contributed by atoms with Crippen molar-refractivity contribution in [2.24, 2.45) is 11.8 Å². The molecule has 0 bridgehead atoms. The number of aromatic amines is 1. The van der Waals surface area contributed by atoms with Crippen molar-refractivity contribution in [3.8, 4) is 5.75 Å². The average molecular weight is 405 g/mol. The summed E-state index contributed by atoms with van der Waals surface area (Å²) in [5.41, 5.74) is 2.45. The summed E-state index contributed by atoms with van der Waals surface area (Å²) < 4.78 is 32.1. The summed E-state index contributed by atoms with van der Waals surface area (Å²) in [5.74, 6) is 0.908. The second kappa shape index (κ2) is 8.27. The number of fused-ring (bicyclic) bond motifs is 1. The Kier molecular flexibility index (Phi) is 6.17. The van der Waals surface area contributed by atoms with Crippen molar-refractivity contribution < 1.29 is 18.1 Å². The molecule has 0 radical (unpaired) electrons. The number of piperidine rings is 1. The molecular formula is C19H28BN3O4S. The third kappa shape index (κ3) is 4.11. The number of hydrogen-bond acceptors (Lipinski definition) is 5. The van der Waals surface area contributed by atoms with Gasteiger partial charge in [-0.2, -0.15) is 0 Å². The van der Waals surface area contributed by atoms with Crippen LogP contribution in [-0.2, 0) is 10.0 Å². The van der Waals surface area contributed by atoms with Gasteiger partial charge in [-0.15, -0.1) is 0 Å². The molecule has 2 aromatic rings. The number of aromatic nitrogens is 2. The molecule has 0 spiro atoms. The minimum absolute atomic E-state index is 0.116. The first-order chi connectivity index (χ1) is 13.2. The summed E-state index contributed by atoms with van der Waals surface area (Å²) in [6.07, 6.45) is 4.72. The van der Waals surface area contributed by atoms with Crippen molar-refractivity contribution in [3.05, 3.63) is 30.6 Å². The van der Waals surface area contributed by atoms with Gasteiger partial charge in [0.25, 0.3) is 0 Å². The molecule has 1 fully saturated rings. The van der Waals surface area contributed by atoms with Crippen LogP contribution >= 0.6 is 0 Å². The molecule has 3 rings (SSSR count). The lowest BCUT2D eigenvalue weighted by atomic mass is 9.79. The number of H-pyrrole nitrogens is 1. The van der Waals surface area contributed by atoms with Crippen LogP contribution in [0.5, 0.6) is 5.75 Å². The van der Waals surface area contributed by atoms with Crippen LogP contribution in [0.3, 0.4) is 0 Å². The summed E-state index contributed by atoms with van der Waals surface area (Å²) in [5, 5.41) is 10.6. The van der Waals surface area contributed by atoms with Crippen molar-refractivity contribution in [2.75, 3.05) is 18.8 Å². The Morgan fingerprint density at radius 3 is 2.93 bits per heavy atom. The standard InChI is InChI=1S/C19H28BN3O4S/c1-5-10-28(25,26)23-9-7-15(13(2)12-23)14(3)18-16-6-8-21-19(16)22-11-17(18)27-20(4)24/h6,8,11,13,15,24H,3,5,7,9-10,12H2,1-2,4H3,(H,21,22)/t13-,15+/m0/s1. The molecule has 0 saturated carbocycles. The van der Waals surface area contributed by atoms with E-state index in [4.69, 9.17) is 4.65 Å². The average Bonchev–Trinajstić information content (AvgIpc) is 3.09. The largest absolute Gasteiger partial charge is 0.535 e. The summed E-state index contributed by atoms with van der Waals surface area (Å²) in [6.45, 7) is 10.8. The second-order valence-corrected chi connectivity index (χ2v) is 9.61. The summed E-state index contributed by atoms with van der Waals surface area (Å²) in [7, 11) is -4.17. The minimum Gasteiger partial charge on any atom is -0.535 e. The van der Waals surface area contributed by atoms with Gasteiger partial charge in [-0.3, -0.25) is 0 Å². The van der Waals surface area contributed by atoms with Crippen molar-refractivity contribution in [1.29, 1.82) is 0 Å². The fraction of sp³-hybridized carbons (Fsp3) is 0.526. The molecule has 9 heteroatoms. The fourth-order valence-corrected chi connectivity index (χ4v) is 5.66. The van der Waals surface area contributed by atoms with Crippen molar-refractivity contribution in [3.63, 3.8) is 0 Å².